The summed E-state index contributed by atoms with van der Waals surface area (Å²) in [6.07, 6.45) is -0.559. The van der Waals surface area contributed by atoms with Crippen molar-refractivity contribution < 1.29 is 28.9 Å². The molecule has 8 heteroatoms. The molecular formula is C17H26N2O6. The van der Waals surface area contributed by atoms with E-state index in [0.29, 0.717) is 13.1 Å². The maximum atomic E-state index is 11.8. The minimum Gasteiger partial charge on any atom is -0.359 e. The fourth-order valence-corrected chi connectivity index (χ4v) is 3.07. The molecule has 1 aliphatic heterocycles. The fraction of sp³-hybridized carbons (Fsp3) is 0.588. The molecule has 1 aliphatic rings. The highest BCUT2D eigenvalue weighted by Crippen LogP contribution is 2.28. The van der Waals surface area contributed by atoms with E-state index in [-0.39, 0.29) is 38.3 Å². The van der Waals surface area contributed by atoms with Crippen molar-refractivity contribution in [3.63, 3.8) is 0 Å². The lowest BCUT2D eigenvalue weighted by Crippen LogP contribution is -2.42. The number of ether oxygens (including phenoxy) is 4. The quantitative estimate of drug-likeness (QED) is 0.364. The van der Waals surface area contributed by atoms with Crippen LogP contribution in [0, 0.1) is 0 Å². The fourth-order valence-electron chi connectivity index (χ4n) is 3.07. The Morgan fingerprint density at radius 2 is 1.88 bits per heavy atom. The molecule has 8 nitrogen and oxygen atoms in total. The van der Waals surface area contributed by atoms with Gasteiger partial charge in [0.2, 0.25) is 5.91 Å². The molecule has 3 atom stereocenters. The van der Waals surface area contributed by atoms with Crippen LogP contribution in [-0.4, -0.2) is 68.6 Å². The van der Waals surface area contributed by atoms with E-state index < -0.39 is 5.91 Å². The summed E-state index contributed by atoms with van der Waals surface area (Å²) in [6.45, 7) is 1.45. The third-order valence-electron chi connectivity index (χ3n) is 4.16. The molecule has 0 radical (unpaired) electrons. The average molecular weight is 354 g/mol. The van der Waals surface area contributed by atoms with E-state index in [4.69, 9.17) is 24.2 Å². The number of rotatable bonds is 10. The first-order valence-corrected chi connectivity index (χ1v) is 8.11. The van der Waals surface area contributed by atoms with Crippen LogP contribution >= 0.6 is 0 Å². The van der Waals surface area contributed by atoms with Crippen LogP contribution in [0.4, 0.5) is 0 Å². The number of nitrogens with one attached hydrogen (secondary N) is 1. The highest BCUT2D eigenvalue weighted by atomic mass is 16.7. The highest BCUT2D eigenvalue weighted by molar-refractivity contribution is 5.75. The Morgan fingerprint density at radius 3 is 2.52 bits per heavy atom. The van der Waals surface area contributed by atoms with Gasteiger partial charge in [-0.3, -0.25) is 14.9 Å². The van der Waals surface area contributed by atoms with Gasteiger partial charge in [-0.15, -0.1) is 0 Å². The number of amides is 1. The highest BCUT2D eigenvalue weighted by Gasteiger charge is 2.44. The van der Waals surface area contributed by atoms with Crippen molar-refractivity contribution in [2.45, 2.75) is 31.2 Å². The van der Waals surface area contributed by atoms with Crippen LogP contribution in [0.3, 0.4) is 0 Å². The minimum atomic E-state index is -0.471. The van der Waals surface area contributed by atoms with E-state index in [1.807, 2.05) is 30.3 Å². The molecule has 1 amide bonds. The Bertz CT molecular complexity index is 515. The summed E-state index contributed by atoms with van der Waals surface area (Å²) in [6, 6.07) is 9.69. The molecule has 1 saturated heterocycles. The molecule has 0 aliphatic carbocycles. The SMILES string of the molecule is COCO[C@@H]1[C@@H](CC(=O)NO)N(Cc2ccccc2)C[C@H]1OCOC. The van der Waals surface area contributed by atoms with Gasteiger partial charge in [-0.25, -0.2) is 5.48 Å². The third kappa shape index (κ3) is 5.74. The average Bonchev–Trinajstić information content (AvgIpc) is 2.95. The number of methoxy groups -OCH3 is 2. The second-order valence-electron chi connectivity index (χ2n) is 5.87. The lowest BCUT2D eigenvalue weighted by Gasteiger charge is -2.27. The van der Waals surface area contributed by atoms with Crippen LogP contribution in [0.5, 0.6) is 0 Å². The summed E-state index contributed by atoms with van der Waals surface area (Å²) >= 11 is 0. The molecule has 1 aromatic carbocycles. The maximum absolute atomic E-state index is 11.8. The van der Waals surface area contributed by atoms with Gasteiger partial charge in [-0.1, -0.05) is 30.3 Å². The molecule has 140 valence electrons. The molecule has 1 aromatic rings. The van der Waals surface area contributed by atoms with Crippen molar-refractivity contribution in [3.8, 4) is 0 Å². The van der Waals surface area contributed by atoms with Crippen LogP contribution in [0.15, 0.2) is 30.3 Å². The van der Waals surface area contributed by atoms with E-state index in [1.54, 1.807) is 12.6 Å². The smallest absolute Gasteiger partial charge is 0.245 e. The van der Waals surface area contributed by atoms with Gasteiger partial charge in [-0.05, 0) is 5.56 Å². The third-order valence-corrected chi connectivity index (χ3v) is 4.16. The zero-order chi connectivity index (χ0) is 18.1. The largest absolute Gasteiger partial charge is 0.359 e. The summed E-state index contributed by atoms with van der Waals surface area (Å²) in [4.78, 5) is 13.9. The number of benzene rings is 1. The zero-order valence-corrected chi connectivity index (χ0v) is 14.6. The molecule has 0 saturated carbocycles. The van der Waals surface area contributed by atoms with Crippen molar-refractivity contribution in [3.05, 3.63) is 35.9 Å². The first kappa shape index (κ1) is 19.8. The van der Waals surface area contributed by atoms with Gasteiger partial charge in [0.1, 0.15) is 25.8 Å². The first-order valence-electron chi connectivity index (χ1n) is 8.11. The van der Waals surface area contributed by atoms with E-state index in [0.717, 1.165) is 5.56 Å². The van der Waals surface area contributed by atoms with Crippen LogP contribution in [0.2, 0.25) is 0 Å². The van der Waals surface area contributed by atoms with E-state index in [2.05, 4.69) is 4.90 Å². The standard InChI is InChI=1S/C17H26N2O6/c1-22-11-24-15-10-19(9-13-6-4-3-5-7-13)14(8-16(20)18-21)17(15)25-12-23-2/h3-7,14-15,17,21H,8-12H2,1-2H3,(H,18,20)/t14-,15-,17-/m1/s1. The lowest BCUT2D eigenvalue weighted by molar-refractivity contribution is -0.150. The molecule has 2 rings (SSSR count). The van der Waals surface area contributed by atoms with Crippen LogP contribution < -0.4 is 5.48 Å². The Hall–Kier alpha value is -1.55. The lowest BCUT2D eigenvalue weighted by atomic mass is 10.1. The predicted octanol–water partition coefficient (Wildman–Crippen LogP) is 0.745. The van der Waals surface area contributed by atoms with Crippen molar-refractivity contribution in [1.82, 2.24) is 10.4 Å². The number of nitrogens with zero attached hydrogens (tertiary/aromatic N) is 1. The number of hydroxylamine groups is 1. The van der Waals surface area contributed by atoms with Crippen LogP contribution in [0.1, 0.15) is 12.0 Å². The summed E-state index contributed by atoms with van der Waals surface area (Å²) < 4.78 is 21.5. The number of carbonyl (C=O) groups is 1. The van der Waals surface area contributed by atoms with Crippen molar-refractivity contribution in [2.75, 3.05) is 34.4 Å². The van der Waals surface area contributed by atoms with E-state index >= 15 is 0 Å². The first-order chi connectivity index (χ1) is 12.2. The number of hydrogen-bond donors (Lipinski definition) is 2. The van der Waals surface area contributed by atoms with Gasteiger partial charge in [0.15, 0.2) is 0 Å². The Kier molecular flexibility index (Phi) is 8.26. The van der Waals surface area contributed by atoms with Gasteiger partial charge < -0.3 is 18.9 Å². The van der Waals surface area contributed by atoms with Gasteiger partial charge in [0, 0.05) is 39.8 Å². The topological polar surface area (TPSA) is 89.5 Å². The van der Waals surface area contributed by atoms with Crippen molar-refractivity contribution in [1.29, 1.82) is 0 Å². The van der Waals surface area contributed by atoms with Crippen LogP contribution in [-0.2, 0) is 30.3 Å². The van der Waals surface area contributed by atoms with E-state index in [9.17, 15) is 4.79 Å². The van der Waals surface area contributed by atoms with Gasteiger partial charge in [0.05, 0.1) is 0 Å². The van der Waals surface area contributed by atoms with Crippen molar-refractivity contribution >= 4 is 5.91 Å². The maximum Gasteiger partial charge on any atom is 0.245 e. The summed E-state index contributed by atoms with van der Waals surface area (Å²) in [5, 5.41) is 8.91. The number of likely N-dealkylation sites (tertiary alicyclic amines) is 1. The molecule has 1 fully saturated rings. The Labute approximate surface area is 147 Å². The second kappa shape index (κ2) is 10.4. The monoisotopic (exact) mass is 354 g/mol. The molecular weight excluding hydrogens is 328 g/mol. The van der Waals surface area contributed by atoms with Gasteiger partial charge in [-0.2, -0.15) is 0 Å². The predicted molar refractivity (Wildman–Crippen MR) is 88.7 cm³/mol. The summed E-state index contributed by atoms with van der Waals surface area (Å²) in [5.41, 5.74) is 2.81. The van der Waals surface area contributed by atoms with Crippen molar-refractivity contribution in [2.24, 2.45) is 0 Å². The van der Waals surface area contributed by atoms with Crippen LogP contribution in [0.25, 0.3) is 0 Å². The number of carbonyl (C=O) groups excluding carboxylic acids is 1. The summed E-state index contributed by atoms with van der Waals surface area (Å²) in [7, 11) is 3.09. The zero-order valence-electron chi connectivity index (χ0n) is 14.6. The molecule has 2 N–H and O–H groups in total. The molecule has 0 bridgehead atoms. The number of hydrogen-bond acceptors (Lipinski definition) is 7. The normalized spacial score (nSPS) is 23.7. The Morgan fingerprint density at radius 1 is 1.20 bits per heavy atom. The van der Waals surface area contributed by atoms with Gasteiger partial charge >= 0.3 is 0 Å². The van der Waals surface area contributed by atoms with E-state index in [1.165, 1.54) is 7.11 Å². The second-order valence-corrected chi connectivity index (χ2v) is 5.87. The molecule has 0 spiro atoms. The molecule has 0 unspecified atom stereocenters. The van der Waals surface area contributed by atoms with Gasteiger partial charge in [0.25, 0.3) is 0 Å². The minimum absolute atomic E-state index is 0.0879. The molecule has 25 heavy (non-hydrogen) atoms. The molecule has 0 aromatic heterocycles. The summed E-state index contributed by atoms with van der Waals surface area (Å²) in [5.74, 6) is -0.471. The molecule has 1 heterocycles. The Balaban J connectivity index is 2.16.